The molecule has 0 aliphatic rings. The van der Waals surface area contributed by atoms with Crippen LogP contribution in [0.4, 0.5) is 5.69 Å². The molecule has 3 aromatic rings. The molecule has 0 saturated heterocycles. The van der Waals surface area contributed by atoms with Crippen molar-refractivity contribution in [1.29, 1.82) is 0 Å². The smallest absolute Gasteiger partial charge is 0.163 e. The van der Waals surface area contributed by atoms with Crippen molar-refractivity contribution in [2.75, 3.05) is 19.0 Å². The Morgan fingerprint density at radius 3 is 1.96 bits per heavy atom. The third-order valence-electron chi connectivity index (χ3n) is 4.73. The summed E-state index contributed by atoms with van der Waals surface area (Å²) in [5.41, 5.74) is 4.44. The van der Waals surface area contributed by atoms with Gasteiger partial charge in [-0.3, -0.25) is 4.79 Å². The van der Waals surface area contributed by atoms with Gasteiger partial charge in [0.15, 0.2) is 5.78 Å². The molecule has 0 aliphatic heterocycles. The lowest BCUT2D eigenvalue weighted by Crippen LogP contribution is -2.11. The van der Waals surface area contributed by atoms with Gasteiger partial charge in [0.1, 0.15) is 0 Å². The van der Waals surface area contributed by atoms with Crippen LogP contribution in [0.3, 0.4) is 0 Å². The molecule has 26 heavy (non-hydrogen) atoms. The number of ketones is 1. The first-order chi connectivity index (χ1) is 12.6. The van der Waals surface area contributed by atoms with E-state index < -0.39 is 0 Å². The fourth-order valence-electron chi connectivity index (χ4n) is 3.21. The van der Waals surface area contributed by atoms with Gasteiger partial charge < -0.3 is 4.90 Å². The molecule has 0 fully saturated rings. The Kier molecular flexibility index (Phi) is 5.85. The van der Waals surface area contributed by atoms with E-state index in [-0.39, 0.29) is 11.7 Å². The highest BCUT2D eigenvalue weighted by molar-refractivity contribution is 5.96. The molecule has 3 rings (SSSR count). The van der Waals surface area contributed by atoms with Crippen molar-refractivity contribution in [2.24, 2.45) is 0 Å². The van der Waals surface area contributed by atoms with E-state index in [0.29, 0.717) is 6.42 Å². The predicted octanol–water partition coefficient (Wildman–Crippen LogP) is 5.35. The van der Waals surface area contributed by atoms with Gasteiger partial charge in [0, 0.05) is 31.8 Å². The van der Waals surface area contributed by atoms with Gasteiger partial charge in [-0.2, -0.15) is 0 Å². The minimum atomic E-state index is 0.175. The number of carbonyl (C=O) groups excluding carboxylic acids is 1. The Hall–Kier alpha value is -2.87. The summed E-state index contributed by atoms with van der Waals surface area (Å²) in [7, 11) is 4.08. The molecule has 1 atom stereocenters. The van der Waals surface area contributed by atoms with E-state index in [0.717, 1.165) is 12.0 Å². The number of benzene rings is 3. The molecular formula is C24H25NO. The minimum absolute atomic E-state index is 0.175. The SMILES string of the molecule is CN(C)c1ccc(C[C@H](CC(=O)c2ccccc2)c2ccccc2)cc1. The van der Waals surface area contributed by atoms with E-state index in [9.17, 15) is 4.79 Å². The summed E-state index contributed by atoms with van der Waals surface area (Å²) in [5, 5.41) is 0. The number of hydrogen-bond acceptors (Lipinski definition) is 2. The quantitative estimate of drug-likeness (QED) is 0.539. The van der Waals surface area contributed by atoms with Crippen LogP contribution in [0.25, 0.3) is 0 Å². The van der Waals surface area contributed by atoms with E-state index >= 15 is 0 Å². The molecule has 0 amide bonds. The first-order valence-corrected chi connectivity index (χ1v) is 9.03. The zero-order chi connectivity index (χ0) is 18.4. The van der Waals surface area contributed by atoms with Gasteiger partial charge in [0.25, 0.3) is 0 Å². The maximum Gasteiger partial charge on any atom is 0.163 e. The summed E-state index contributed by atoms with van der Waals surface area (Å²) in [6.45, 7) is 0. The number of anilines is 1. The van der Waals surface area contributed by atoms with E-state index in [2.05, 4.69) is 41.3 Å². The van der Waals surface area contributed by atoms with Crippen LogP contribution < -0.4 is 4.90 Å². The monoisotopic (exact) mass is 343 g/mol. The van der Waals surface area contributed by atoms with Crippen LogP contribution in [-0.2, 0) is 6.42 Å². The molecule has 0 aromatic heterocycles. The van der Waals surface area contributed by atoms with E-state index in [1.807, 2.05) is 62.6 Å². The first-order valence-electron chi connectivity index (χ1n) is 9.03. The summed E-state index contributed by atoms with van der Waals surface area (Å²) in [6.07, 6.45) is 1.37. The first kappa shape index (κ1) is 17.9. The van der Waals surface area contributed by atoms with Crippen LogP contribution in [0.15, 0.2) is 84.9 Å². The predicted molar refractivity (Wildman–Crippen MR) is 109 cm³/mol. The van der Waals surface area contributed by atoms with Gasteiger partial charge in [0.2, 0.25) is 0 Å². The number of hydrogen-bond donors (Lipinski definition) is 0. The van der Waals surface area contributed by atoms with Crippen LogP contribution in [0.1, 0.15) is 33.8 Å². The molecule has 0 spiro atoms. The van der Waals surface area contributed by atoms with E-state index in [1.54, 1.807) is 0 Å². The van der Waals surface area contributed by atoms with Crippen molar-refractivity contribution in [3.05, 3.63) is 102 Å². The molecular weight excluding hydrogens is 318 g/mol. The second kappa shape index (κ2) is 8.48. The normalized spacial score (nSPS) is 11.8. The number of Topliss-reactive ketones (excluding diaryl/α,β-unsaturated/α-hetero) is 1. The lowest BCUT2D eigenvalue weighted by atomic mass is 9.86. The maximum absolute atomic E-state index is 12.8. The number of nitrogens with zero attached hydrogens (tertiary/aromatic N) is 1. The molecule has 132 valence electrons. The fraction of sp³-hybridized carbons (Fsp3) is 0.208. The lowest BCUT2D eigenvalue weighted by Gasteiger charge is -2.18. The van der Waals surface area contributed by atoms with Crippen molar-refractivity contribution in [2.45, 2.75) is 18.8 Å². The van der Waals surface area contributed by atoms with Crippen molar-refractivity contribution >= 4 is 11.5 Å². The molecule has 0 saturated carbocycles. The number of carbonyl (C=O) groups is 1. The van der Waals surface area contributed by atoms with Crippen LogP contribution in [0.2, 0.25) is 0 Å². The van der Waals surface area contributed by atoms with E-state index in [4.69, 9.17) is 0 Å². The average molecular weight is 343 g/mol. The summed E-state index contributed by atoms with van der Waals surface area (Å²) in [6, 6.07) is 28.5. The van der Waals surface area contributed by atoms with Crippen LogP contribution in [0.5, 0.6) is 0 Å². The van der Waals surface area contributed by atoms with Gasteiger partial charge >= 0.3 is 0 Å². The topological polar surface area (TPSA) is 20.3 Å². The van der Waals surface area contributed by atoms with Gasteiger partial charge in [-0.25, -0.2) is 0 Å². The molecule has 0 aliphatic carbocycles. The highest BCUT2D eigenvalue weighted by atomic mass is 16.1. The van der Waals surface area contributed by atoms with Crippen LogP contribution >= 0.6 is 0 Å². The lowest BCUT2D eigenvalue weighted by molar-refractivity contribution is 0.0973. The third-order valence-corrected chi connectivity index (χ3v) is 4.73. The van der Waals surface area contributed by atoms with Crippen molar-refractivity contribution in [3.8, 4) is 0 Å². The van der Waals surface area contributed by atoms with Crippen molar-refractivity contribution in [1.82, 2.24) is 0 Å². The Bertz CT molecular complexity index is 823. The Morgan fingerprint density at radius 2 is 1.38 bits per heavy atom. The Labute approximate surface area is 156 Å². The molecule has 0 bridgehead atoms. The second-order valence-corrected chi connectivity index (χ2v) is 6.87. The second-order valence-electron chi connectivity index (χ2n) is 6.87. The molecule has 3 aromatic carbocycles. The van der Waals surface area contributed by atoms with Crippen LogP contribution in [0, 0.1) is 0 Å². The third kappa shape index (κ3) is 4.60. The van der Waals surface area contributed by atoms with Crippen LogP contribution in [-0.4, -0.2) is 19.9 Å². The minimum Gasteiger partial charge on any atom is -0.378 e. The van der Waals surface area contributed by atoms with Gasteiger partial charge in [0.05, 0.1) is 0 Å². The Balaban J connectivity index is 1.81. The maximum atomic E-state index is 12.8. The summed E-state index contributed by atoms with van der Waals surface area (Å²) < 4.78 is 0. The number of rotatable bonds is 7. The summed E-state index contributed by atoms with van der Waals surface area (Å²) >= 11 is 0. The van der Waals surface area contributed by atoms with Crippen molar-refractivity contribution < 1.29 is 4.79 Å². The van der Waals surface area contributed by atoms with Crippen molar-refractivity contribution in [3.63, 3.8) is 0 Å². The highest BCUT2D eigenvalue weighted by Crippen LogP contribution is 2.27. The standard InChI is InChI=1S/C24H25NO/c1-25(2)23-15-13-19(14-16-23)17-22(20-9-5-3-6-10-20)18-24(26)21-11-7-4-8-12-21/h3-16,22H,17-18H2,1-2H3/t22-/m1/s1. The van der Waals surface area contributed by atoms with Gasteiger partial charge in [-0.1, -0.05) is 72.8 Å². The molecule has 0 radical (unpaired) electrons. The fourth-order valence-corrected chi connectivity index (χ4v) is 3.21. The molecule has 0 N–H and O–H groups in total. The van der Waals surface area contributed by atoms with Gasteiger partial charge in [-0.15, -0.1) is 0 Å². The molecule has 2 heteroatoms. The largest absolute Gasteiger partial charge is 0.378 e. The van der Waals surface area contributed by atoms with Gasteiger partial charge in [-0.05, 0) is 35.6 Å². The molecule has 0 heterocycles. The summed E-state index contributed by atoms with van der Waals surface area (Å²) in [4.78, 5) is 14.9. The average Bonchev–Trinajstić information content (AvgIpc) is 2.69. The zero-order valence-corrected chi connectivity index (χ0v) is 15.4. The Morgan fingerprint density at radius 1 is 0.808 bits per heavy atom. The zero-order valence-electron chi connectivity index (χ0n) is 15.4. The summed E-state index contributed by atoms with van der Waals surface area (Å²) in [5.74, 6) is 0.374. The highest BCUT2D eigenvalue weighted by Gasteiger charge is 2.18. The molecule has 2 nitrogen and oxygen atoms in total. The molecule has 0 unspecified atom stereocenters. The van der Waals surface area contributed by atoms with E-state index in [1.165, 1.54) is 16.8 Å².